The van der Waals surface area contributed by atoms with Crippen LogP contribution in [0.4, 0.5) is 0 Å². The Bertz CT molecular complexity index is 889. The number of nitrogens with zero attached hydrogens (tertiary/aromatic N) is 5. The van der Waals surface area contributed by atoms with E-state index >= 15 is 0 Å². The van der Waals surface area contributed by atoms with Crippen LogP contribution in [0.5, 0.6) is 5.75 Å². The number of guanidine groups is 1. The number of ether oxygens (including phenoxy) is 1. The van der Waals surface area contributed by atoms with Crippen LogP contribution in [0.3, 0.4) is 0 Å². The summed E-state index contributed by atoms with van der Waals surface area (Å²) in [6.07, 6.45) is 1.94. The van der Waals surface area contributed by atoms with Gasteiger partial charge in [-0.3, -0.25) is 4.90 Å². The molecule has 3 rings (SSSR count). The Morgan fingerprint density at radius 3 is 2.61 bits per heavy atom. The molecular weight excluding hydrogens is 529 g/mol. The third-order valence-corrected chi connectivity index (χ3v) is 6.04. The molecule has 2 heterocycles. The number of para-hydroxylation sites is 1. The van der Waals surface area contributed by atoms with Crippen molar-refractivity contribution >= 4 is 29.9 Å². The van der Waals surface area contributed by atoms with Crippen LogP contribution < -0.4 is 15.4 Å². The first kappa shape index (κ1) is 27.4. The van der Waals surface area contributed by atoms with E-state index in [1.807, 2.05) is 30.7 Å². The van der Waals surface area contributed by atoms with Crippen LogP contribution in [-0.4, -0.2) is 57.4 Å². The van der Waals surface area contributed by atoms with Crippen molar-refractivity contribution in [1.82, 2.24) is 30.3 Å². The van der Waals surface area contributed by atoms with Gasteiger partial charge in [0.15, 0.2) is 11.8 Å². The van der Waals surface area contributed by atoms with Gasteiger partial charge in [-0.15, -0.1) is 34.2 Å². The number of aromatic nitrogens is 3. The van der Waals surface area contributed by atoms with Crippen molar-refractivity contribution in [2.75, 3.05) is 19.7 Å². The molecule has 0 fully saturated rings. The standard InChI is InChI=1S/C24H39N7O.HI/c1-17(2)31(18(3)4)14-9-13-25-24(26-16-23-29-28-19(5)30(23)6)27-21-12-15-32-22-11-8-7-10-20(21)22;/h7-8,10-11,17-18,21H,9,12-16H2,1-6H3,(H2,25,26,27);1H. The Hall–Kier alpha value is -1.88. The summed E-state index contributed by atoms with van der Waals surface area (Å²) >= 11 is 0. The first-order valence-corrected chi connectivity index (χ1v) is 11.7. The van der Waals surface area contributed by atoms with E-state index in [-0.39, 0.29) is 30.0 Å². The van der Waals surface area contributed by atoms with Crippen LogP contribution in [-0.2, 0) is 13.6 Å². The molecule has 0 saturated carbocycles. The SMILES string of the molecule is Cc1nnc(CN=C(NCCCN(C(C)C)C(C)C)NC2CCOc3ccccc32)n1C.I. The van der Waals surface area contributed by atoms with E-state index in [9.17, 15) is 0 Å². The summed E-state index contributed by atoms with van der Waals surface area (Å²) in [6.45, 7) is 14.1. The van der Waals surface area contributed by atoms with E-state index in [0.29, 0.717) is 25.2 Å². The number of aryl methyl sites for hydroxylation is 1. The van der Waals surface area contributed by atoms with Crippen LogP contribution in [0.2, 0.25) is 0 Å². The molecule has 0 bridgehead atoms. The minimum atomic E-state index is 0. The van der Waals surface area contributed by atoms with Crippen LogP contribution in [0.1, 0.15) is 63.8 Å². The molecule has 33 heavy (non-hydrogen) atoms. The number of hydrogen-bond donors (Lipinski definition) is 2. The minimum Gasteiger partial charge on any atom is -0.493 e. The molecular formula is C24H40IN7O. The molecule has 2 N–H and O–H groups in total. The van der Waals surface area contributed by atoms with Gasteiger partial charge >= 0.3 is 0 Å². The van der Waals surface area contributed by atoms with Gasteiger partial charge in [-0.25, -0.2) is 4.99 Å². The highest BCUT2D eigenvalue weighted by Gasteiger charge is 2.22. The summed E-state index contributed by atoms with van der Waals surface area (Å²) in [7, 11) is 1.97. The zero-order valence-electron chi connectivity index (χ0n) is 20.8. The lowest BCUT2D eigenvalue weighted by atomic mass is 10.0. The van der Waals surface area contributed by atoms with E-state index in [1.165, 1.54) is 5.56 Å². The average molecular weight is 570 g/mol. The Morgan fingerprint density at radius 2 is 1.94 bits per heavy atom. The van der Waals surface area contributed by atoms with Crippen molar-refractivity contribution in [1.29, 1.82) is 0 Å². The highest BCUT2D eigenvalue weighted by atomic mass is 127. The predicted molar refractivity (Wildman–Crippen MR) is 144 cm³/mol. The summed E-state index contributed by atoms with van der Waals surface area (Å²) in [6, 6.07) is 9.47. The largest absolute Gasteiger partial charge is 0.493 e. The molecule has 0 aliphatic carbocycles. The third-order valence-electron chi connectivity index (χ3n) is 6.04. The van der Waals surface area contributed by atoms with Crippen LogP contribution in [0.15, 0.2) is 29.3 Å². The Kier molecular flexibility index (Phi) is 10.9. The van der Waals surface area contributed by atoms with Crippen molar-refractivity contribution in [3.8, 4) is 5.75 Å². The summed E-state index contributed by atoms with van der Waals surface area (Å²) in [5.74, 6) is 3.48. The molecule has 184 valence electrons. The summed E-state index contributed by atoms with van der Waals surface area (Å²) in [5, 5.41) is 15.6. The molecule has 0 saturated heterocycles. The molecule has 1 aliphatic rings. The van der Waals surface area contributed by atoms with E-state index < -0.39 is 0 Å². The maximum atomic E-state index is 5.83. The van der Waals surface area contributed by atoms with Crippen LogP contribution in [0, 0.1) is 6.92 Å². The average Bonchev–Trinajstić information content (AvgIpc) is 3.09. The highest BCUT2D eigenvalue weighted by molar-refractivity contribution is 14.0. The van der Waals surface area contributed by atoms with Gasteiger partial charge in [-0.1, -0.05) is 18.2 Å². The van der Waals surface area contributed by atoms with Crippen molar-refractivity contribution in [2.24, 2.45) is 12.0 Å². The van der Waals surface area contributed by atoms with E-state index in [4.69, 9.17) is 9.73 Å². The van der Waals surface area contributed by atoms with Gasteiger partial charge in [0.1, 0.15) is 18.1 Å². The first-order chi connectivity index (χ1) is 15.4. The molecule has 0 radical (unpaired) electrons. The van der Waals surface area contributed by atoms with Crippen LogP contribution in [0.25, 0.3) is 0 Å². The minimum absolute atomic E-state index is 0. The molecule has 2 aromatic rings. The zero-order valence-corrected chi connectivity index (χ0v) is 23.2. The van der Waals surface area contributed by atoms with Crippen molar-refractivity contribution < 1.29 is 4.74 Å². The molecule has 1 aliphatic heterocycles. The fourth-order valence-corrected chi connectivity index (χ4v) is 4.13. The monoisotopic (exact) mass is 569 g/mol. The number of hydrogen-bond acceptors (Lipinski definition) is 5. The number of nitrogens with one attached hydrogen (secondary N) is 2. The summed E-state index contributed by atoms with van der Waals surface area (Å²) in [5.41, 5.74) is 1.17. The van der Waals surface area contributed by atoms with Gasteiger partial charge in [0, 0.05) is 44.2 Å². The van der Waals surface area contributed by atoms with Gasteiger partial charge in [0.2, 0.25) is 0 Å². The maximum absolute atomic E-state index is 5.83. The quantitative estimate of drug-likeness (QED) is 0.207. The van der Waals surface area contributed by atoms with Gasteiger partial charge in [0.25, 0.3) is 0 Å². The maximum Gasteiger partial charge on any atom is 0.192 e. The Labute approximate surface area is 215 Å². The fourth-order valence-electron chi connectivity index (χ4n) is 4.13. The number of fused-ring (bicyclic) bond motifs is 1. The number of rotatable bonds is 9. The smallest absolute Gasteiger partial charge is 0.192 e. The molecule has 9 heteroatoms. The molecule has 1 aromatic heterocycles. The normalized spacial score (nSPS) is 15.9. The van der Waals surface area contributed by atoms with E-state index in [0.717, 1.165) is 49.3 Å². The summed E-state index contributed by atoms with van der Waals surface area (Å²) in [4.78, 5) is 7.36. The number of aliphatic imine (C=N–C) groups is 1. The van der Waals surface area contributed by atoms with Crippen LogP contribution >= 0.6 is 24.0 Å². The van der Waals surface area contributed by atoms with Gasteiger partial charge in [-0.05, 0) is 47.1 Å². The van der Waals surface area contributed by atoms with Gasteiger partial charge in [-0.2, -0.15) is 0 Å². The van der Waals surface area contributed by atoms with Gasteiger partial charge in [0.05, 0.1) is 12.6 Å². The van der Waals surface area contributed by atoms with Gasteiger partial charge < -0.3 is 19.9 Å². The first-order valence-electron chi connectivity index (χ1n) is 11.7. The predicted octanol–water partition coefficient (Wildman–Crippen LogP) is 3.81. The molecule has 8 nitrogen and oxygen atoms in total. The van der Waals surface area contributed by atoms with Crippen molar-refractivity contribution in [2.45, 2.75) is 72.1 Å². The molecule has 0 spiro atoms. The summed E-state index contributed by atoms with van der Waals surface area (Å²) < 4.78 is 7.81. The molecule has 1 unspecified atom stereocenters. The molecule has 1 atom stereocenters. The lowest BCUT2D eigenvalue weighted by Gasteiger charge is -2.31. The Balaban J connectivity index is 0.00000385. The van der Waals surface area contributed by atoms with Crippen molar-refractivity contribution in [3.63, 3.8) is 0 Å². The van der Waals surface area contributed by atoms with Crippen molar-refractivity contribution in [3.05, 3.63) is 41.5 Å². The highest BCUT2D eigenvalue weighted by Crippen LogP contribution is 2.31. The lowest BCUT2D eigenvalue weighted by molar-refractivity contribution is 0.173. The lowest BCUT2D eigenvalue weighted by Crippen LogP contribution is -2.43. The second kappa shape index (κ2) is 13.1. The van der Waals surface area contributed by atoms with E-state index in [2.05, 4.69) is 65.6 Å². The van der Waals surface area contributed by atoms with E-state index in [1.54, 1.807) is 0 Å². The Morgan fingerprint density at radius 1 is 1.21 bits per heavy atom. The zero-order chi connectivity index (χ0) is 23.1. The molecule has 1 aromatic carbocycles. The second-order valence-corrected chi connectivity index (χ2v) is 8.96. The number of halogens is 1. The topological polar surface area (TPSA) is 79.6 Å². The second-order valence-electron chi connectivity index (χ2n) is 8.96. The molecule has 0 amide bonds. The number of benzene rings is 1. The fraction of sp³-hybridized carbons (Fsp3) is 0.625. The third kappa shape index (κ3) is 7.56.